The molecule has 0 unspecified atom stereocenters. The predicted molar refractivity (Wildman–Crippen MR) is 88.9 cm³/mol. The van der Waals surface area contributed by atoms with Gasteiger partial charge in [0.05, 0.1) is 17.0 Å². The van der Waals surface area contributed by atoms with Crippen LogP contribution in [0.5, 0.6) is 0 Å². The van der Waals surface area contributed by atoms with E-state index in [0.29, 0.717) is 4.90 Å². The number of nitrogens with zero attached hydrogens (tertiary/aromatic N) is 3. The minimum atomic E-state index is -1.07. The molecule has 10 heteroatoms. The van der Waals surface area contributed by atoms with E-state index in [1.807, 2.05) is 0 Å². The van der Waals surface area contributed by atoms with Gasteiger partial charge in [0.25, 0.3) is 5.91 Å². The molecule has 0 atom stereocenters. The topological polar surface area (TPSA) is 85.5 Å². The average molecular weight is 386 g/mol. The monoisotopic (exact) mass is 385 g/mol. The number of ether oxygens (including phenoxy) is 1. The first-order valence-corrected chi connectivity index (χ1v) is 7.63. The van der Waals surface area contributed by atoms with Gasteiger partial charge < -0.3 is 4.74 Å². The number of imide groups is 1. The molecule has 0 bridgehead atoms. The van der Waals surface area contributed by atoms with Crippen LogP contribution in [0.1, 0.15) is 37.0 Å². The van der Waals surface area contributed by atoms with Crippen LogP contribution in [-0.2, 0) is 4.74 Å². The summed E-state index contributed by atoms with van der Waals surface area (Å²) in [4.78, 5) is 25.9. The smallest absolute Gasteiger partial charge is 0.422 e. The molecule has 2 aromatic rings. The molecular weight excluding hydrogens is 372 g/mol. The van der Waals surface area contributed by atoms with Gasteiger partial charge in [0.1, 0.15) is 17.1 Å². The zero-order chi connectivity index (χ0) is 19.5. The third-order valence-corrected chi connectivity index (χ3v) is 3.17. The molecule has 1 aromatic heterocycles. The van der Waals surface area contributed by atoms with Crippen molar-refractivity contribution in [2.24, 2.45) is 0 Å². The lowest BCUT2D eigenvalue weighted by atomic mass is 10.2. The van der Waals surface area contributed by atoms with Gasteiger partial charge in [-0.2, -0.15) is 0 Å². The van der Waals surface area contributed by atoms with Crippen molar-refractivity contribution in [1.82, 2.24) is 10.3 Å². The summed E-state index contributed by atoms with van der Waals surface area (Å²) >= 11 is 5.73. The summed E-state index contributed by atoms with van der Waals surface area (Å²) in [5, 5.41) is 6.45. The van der Waals surface area contributed by atoms with E-state index in [9.17, 15) is 18.4 Å². The quantitative estimate of drug-likeness (QED) is 0.779. The number of halogens is 3. The molecule has 1 aromatic carbocycles. The first-order chi connectivity index (χ1) is 12.1. The van der Waals surface area contributed by atoms with Crippen molar-refractivity contribution >= 4 is 35.4 Å². The fourth-order valence-electron chi connectivity index (χ4n) is 1.86. The predicted octanol–water partition coefficient (Wildman–Crippen LogP) is 4.38. The second kappa shape index (κ2) is 7.61. The van der Waals surface area contributed by atoms with Crippen LogP contribution >= 0.6 is 11.6 Å². The van der Waals surface area contributed by atoms with Gasteiger partial charge in [0, 0.05) is 0 Å². The maximum Gasteiger partial charge on any atom is 0.422 e. The molecule has 1 heterocycles. The molecule has 0 radical (unpaired) electrons. The van der Waals surface area contributed by atoms with Gasteiger partial charge in [-0.1, -0.05) is 11.6 Å². The Labute approximate surface area is 152 Å². The maximum atomic E-state index is 13.4. The van der Waals surface area contributed by atoms with E-state index < -0.39 is 29.1 Å². The summed E-state index contributed by atoms with van der Waals surface area (Å²) in [5.74, 6) is -1.76. The van der Waals surface area contributed by atoms with Crippen molar-refractivity contribution in [3.8, 4) is 0 Å². The van der Waals surface area contributed by atoms with Crippen molar-refractivity contribution in [3.05, 3.63) is 46.8 Å². The molecule has 0 saturated heterocycles. The lowest BCUT2D eigenvalue weighted by Gasteiger charge is -2.25. The highest BCUT2D eigenvalue weighted by Crippen LogP contribution is 2.26. The van der Waals surface area contributed by atoms with E-state index >= 15 is 0 Å². The Morgan fingerprint density at radius 2 is 2.00 bits per heavy atom. The number of carbonyl (C=O) groups excluding carboxylic acids is 2. The lowest BCUT2D eigenvalue weighted by molar-refractivity contribution is 0.0563. The second-order valence-electron chi connectivity index (χ2n) is 6.01. The molecule has 7 nitrogen and oxygen atoms in total. The minimum Gasteiger partial charge on any atom is -0.443 e. The molecule has 0 aliphatic rings. The summed E-state index contributed by atoms with van der Waals surface area (Å²) < 4.78 is 35.5. The van der Waals surface area contributed by atoms with E-state index in [-0.39, 0.29) is 22.7 Å². The Morgan fingerprint density at radius 1 is 1.31 bits per heavy atom. The summed E-state index contributed by atoms with van der Waals surface area (Å²) in [7, 11) is 0. The Morgan fingerprint density at radius 3 is 2.58 bits per heavy atom. The normalized spacial score (nSPS) is 11.6. The van der Waals surface area contributed by atoms with Crippen molar-refractivity contribution < 1.29 is 27.7 Å². The van der Waals surface area contributed by atoms with Crippen LogP contribution in [0.15, 0.2) is 29.2 Å². The van der Waals surface area contributed by atoms with Gasteiger partial charge in [-0.3, -0.25) is 4.79 Å². The Hall–Kier alpha value is -2.81. The highest BCUT2D eigenvalue weighted by atomic mass is 35.5. The summed E-state index contributed by atoms with van der Waals surface area (Å²) in [6.45, 7) is 4.79. The van der Waals surface area contributed by atoms with Crippen LogP contribution in [0, 0.1) is 5.82 Å². The standard InChI is InChI=1S/C16H14ClF2N3O4/c1-16(2,3)25-15(24)22(9-4-5-11(19)10(17)8-9)14(23)13-12(6-7-18)20-26-21-13/h4-8H,1-3H3/b7-6-. The van der Waals surface area contributed by atoms with Crippen LogP contribution < -0.4 is 4.90 Å². The van der Waals surface area contributed by atoms with Crippen LogP contribution in [0.4, 0.5) is 19.3 Å². The Kier molecular flexibility index (Phi) is 5.71. The Bertz CT molecular complexity index is 861. The highest BCUT2D eigenvalue weighted by Gasteiger charge is 2.33. The van der Waals surface area contributed by atoms with Gasteiger partial charge in [-0.15, -0.1) is 0 Å². The van der Waals surface area contributed by atoms with Crippen LogP contribution in [0.2, 0.25) is 5.02 Å². The van der Waals surface area contributed by atoms with Crippen LogP contribution in [0.25, 0.3) is 6.08 Å². The number of anilines is 1. The fourth-order valence-corrected chi connectivity index (χ4v) is 2.03. The highest BCUT2D eigenvalue weighted by molar-refractivity contribution is 6.31. The number of aromatic nitrogens is 2. The molecule has 2 rings (SSSR count). The number of benzene rings is 1. The van der Waals surface area contributed by atoms with Crippen molar-refractivity contribution in [1.29, 1.82) is 0 Å². The third-order valence-electron chi connectivity index (χ3n) is 2.88. The average Bonchev–Trinajstić information content (AvgIpc) is 2.98. The molecule has 0 N–H and O–H groups in total. The zero-order valence-corrected chi connectivity index (χ0v) is 14.8. The van der Waals surface area contributed by atoms with Gasteiger partial charge in [-0.05, 0) is 55.4 Å². The van der Waals surface area contributed by atoms with Crippen molar-refractivity contribution in [2.45, 2.75) is 26.4 Å². The molecule has 0 aliphatic heterocycles. The molecule has 0 spiro atoms. The van der Waals surface area contributed by atoms with E-state index in [2.05, 4.69) is 14.9 Å². The largest absolute Gasteiger partial charge is 0.443 e. The number of hydrogen-bond acceptors (Lipinski definition) is 6. The summed E-state index contributed by atoms with van der Waals surface area (Å²) in [6, 6.07) is 3.20. The van der Waals surface area contributed by atoms with E-state index in [1.165, 1.54) is 0 Å². The Balaban J connectivity index is 2.52. The summed E-state index contributed by atoms with van der Waals surface area (Å²) in [6.07, 6.45) is -0.110. The molecule has 2 amide bonds. The second-order valence-corrected chi connectivity index (χ2v) is 6.42. The lowest BCUT2D eigenvalue weighted by Crippen LogP contribution is -2.41. The fraction of sp³-hybridized carbons (Fsp3) is 0.250. The SMILES string of the molecule is CC(C)(C)OC(=O)N(C(=O)c1nonc1/C=C\F)c1ccc(F)c(Cl)c1. The molecule has 138 valence electrons. The zero-order valence-electron chi connectivity index (χ0n) is 14.0. The van der Waals surface area contributed by atoms with Crippen LogP contribution in [-0.4, -0.2) is 27.9 Å². The summed E-state index contributed by atoms with van der Waals surface area (Å²) in [5.41, 5.74) is -1.68. The first-order valence-electron chi connectivity index (χ1n) is 7.26. The van der Waals surface area contributed by atoms with Gasteiger partial charge in [0.15, 0.2) is 0 Å². The minimum absolute atomic E-state index is 0.0752. The maximum absolute atomic E-state index is 13.4. The third kappa shape index (κ3) is 4.42. The molecule has 0 saturated carbocycles. The van der Waals surface area contributed by atoms with Gasteiger partial charge in [0.2, 0.25) is 5.69 Å². The van der Waals surface area contributed by atoms with Gasteiger partial charge >= 0.3 is 6.09 Å². The van der Waals surface area contributed by atoms with Crippen molar-refractivity contribution in [2.75, 3.05) is 4.90 Å². The van der Waals surface area contributed by atoms with E-state index in [0.717, 1.165) is 24.3 Å². The van der Waals surface area contributed by atoms with Gasteiger partial charge in [-0.25, -0.2) is 23.1 Å². The number of carbonyl (C=O) groups is 2. The number of amides is 2. The molecule has 26 heavy (non-hydrogen) atoms. The van der Waals surface area contributed by atoms with Crippen LogP contribution in [0.3, 0.4) is 0 Å². The van der Waals surface area contributed by atoms with Crippen molar-refractivity contribution in [3.63, 3.8) is 0 Å². The van der Waals surface area contributed by atoms with E-state index in [1.54, 1.807) is 20.8 Å². The molecular formula is C16H14ClF2N3O4. The number of hydrogen-bond donors (Lipinski definition) is 0. The number of rotatable bonds is 3. The molecule has 0 fully saturated rings. The molecule has 0 aliphatic carbocycles. The van der Waals surface area contributed by atoms with E-state index in [4.69, 9.17) is 16.3 Å². The first kappa shape index (κ1) is 19.5.